The molecule has 2 N–H and O–H groups in total. The largest absolute Gasteiger partial charge is 0.398 e. The highest BCUT2D eigenvalue weighted by atomic mass is 15.3. The molecule has 23 heavy (non-hydrogen) atoms. The van der Waals surface area contributed by atoms with Gasteiger partial charge in [-0.25, -0.2) is 0 Å². The normalized spacial score (nSPS) is 15.0. The third-order valence-electron chi connectivity index (χ3n) is 3.95. The van der Waals surface area contributed by atoms with Crippen LogP contribution in [0.2, 0.25) is 0 Å². The van der Waals surface area contributed by atoms with Crippen LogP contribution in [0.15, 0.2) is 45.9 Å². The molecule has 0 saturated heterocycles. The van der Waals surface area contributed by atoms with E-state index in [0.717, 1.165) is 47.5 Å². The number of aromatic nitrogens is 2. The maximum Gasteiger partial charge on any atom is 0.0683 e. The average Bonchev–Trinajstić information content (AvgIpc) is 2.96. The summed E-state index contributed by atoms with van der Waals surface area (Å²) >= 11 is 0. The molecule has 0 amide bonds. The number of rotatable bonds is 7. The molecule has 0 aliphatic rings. The Morgan fingerprint density at radius 2 is 2.04 bits per heavy atom. The van der Waals surface area contributed by atoms with Gasteiger partial charge in [-0.05, 0) is 45.3 Å². The lowest BCUT2D eigenvalue weighted by atomic mass is 9.93. The van der Waals surface area contributed by atoms with Crippen LogP contribution in [0.4, 0.5) is 0 Å². The van der Waals surface area contributed by atoms with Gasteiger partial charge in [0.05, 0.1) is 5.69 Å². The van der Waals surface area contributed by atoms with E-state index < -0.39 is 0 Å². The van der Waals surface area contributed by atoms with Gasteiger partial charge < -0.3 is 5.73 Å². The number of allylic oxidation sites excluding steroid dienone is 4. The summed E-state index contributed by atoms with van der Waals surface area (Å²) in [7, 11) is 1.96. The number of hydrogen-bond acceptors (Lipinski definition) is 3. The number of aryl methyl sites for hydroxylation is 1. The van der Waals surface area contributed by atoms with Crippen molar-refractivity contribution in [3.63, 3.8) is 0 Å². The van der Waals surface area contributed by atoms with Gasteiger partial charge in [-0.15, -0.1) is 0 Å². The van der Waals surface area contributed by atoms with E-state index in [9.17, 15) is 0 Å². The fraction of sp³-hybridized carbons (Fsp3) is 0.474. The fourth-order valence-corrected chi connectivity index (χ4v) is 2.46. The van der Waals surface area contributed by atoms with Gasteiger partial charge >= 0.3 is 0 Å². The van der Waals surface area contributed by atoms with Gasteiger partial charge in [0.15, 0.2) is 0 Å². The van der Waals surface area contributed by atoms with Crippen LogP contribution in [0.1, 0.15) is 59.6 Å². The molecule has 0 aromatic carbocycles. The summed E-state index contributed by atoms with van der Waals surface area (Å²) in [5.41, 5.74) is 12.6. The lowest BCUT2D eigenvalue weighted by Gasteiger charge is -2.17. The molecule has 1 heterocycles. The molecule has 0 spiro atoms. The Morgan fingerprint density at radius 1 is 1.35 bits per heavy atom. The predicted molar refractivity (Wildman–Crippen MR) is 100 cm³/mol. The number of hydrogen-bond donors (Lipinski definition) is 1. The standard InChI is InChI=1S/C19H30N4/c1-7-10-11-16(17-12-13-22-23(17)6)18(15(5)21-9-3)19(20)14(4)8-2/h9,11-13H,7-8,10,20H2,1-6H3/b16-11-,18-15-,19-14-,21-9?. The third-order valence-corrected chi connectivity index (χ3v) is 3.95. The Hall–Kier alpha value is -2.10. The maximum absolute atomic E-state index is 6.51. The summed E-state index contributed by atoms with van der Waals surface area (Å²) in [6.45, 7) is 10.3. The Morgan fingerprint density at radius 3 is 2.52 bits per heavy atom. The molecule has 4 nitrogen and oxygen atoms in total. The van der Waals surface area contributed by atoms with Crippen molar-refractivity contribution in [3.8, 4) is 0 Å². The molecule has 0 unspecified atom stereocenters. The van der Waals surface area contributed by atoms with E-state index in [1.54, 1.807) is 0 Å². The van der Waals surface area contributed by atoms with E-state index in [0.29, 0.717) is 0 Å². The summed E-state index contributed by atoms with van der Waals surface area (Å²) in [4.78, 5) is 4.50. The molecule has 4 heteroatoms. The minimum absolute atomic E-state index is 0.819. The molecule has 0 bridgehead atoms. The predicted octanol–water partition coefficient (Wildman–Crippen LogP) is 4.61. The zero-order valence-electron chi connectivity index (χ0n) is 15.3. The number of unbranched alkanes of at least 4 members (excludes halogenated alkanes) is 1. The topological polar surface area (TPSA) is 56.2 Å². The molecule has 1 rings (SSSR count). The SMILES string of the molecule is CC=N/C(C)=C(C(\N)=C(/C)CC)/C(=C\CCC)c1ccnn1C. The van der Waals surface area contributed by atoms with Gasteiger partial charge in [0, 0.05) is 42.0 Å². The molecule has 0 aliphatic heterocycles. The first-order chi connectivity index (χ1) is 11.0. The lowest BCUT2D eigenvalue weighted by Crippen LogP contribution is -2.10. The number of nitrogens with two attached hydrogens (primary N) is 1. The Bertz CT molecular complexity index is 642. The lowest BCUT2D eigenvalue weighted by molar-refractivity contribution is 0.755. The van der Waals surface area contributed by atoms with E-state index in [1.807, 2.05) is 44.1 Å². The highest BCUT2D eigenvalue weighted by Crippen LogP contribution is 2.32. The van der Waals surface area contributed by atoms with Crippen molar-refractivity contribution in [1.82, 2.24) is 9.78 Å². The third kappa shape index (κ3) is 4.68. The molecule has 0 atom stereocenters. The van der Waals surface area contributed by atoms with E-state index >= 15 is 0 Å². The quantitative estimate of drug-likeness (QED) is 0.590. The zero-order chi connectivity index (χ0) is 17.4. The van der Waals surface area contributed by atoms with Crippen LogP contribution in [0.5, 0.6) is 0 Å². The van der Waals surface area contributed by atoms with Crippen molar-refractivity contribution in [2.75, 3.05) is 0 Å². The molecular weight excluding hydrogens is 284 g/mol. The van der Waals surface area contributed by atoms with Gasteiger partial charge in [-0.1, -0.05) is 26.3 Å². The van der Waals surface area contributed by atoms with Crippen LogP contribution in [-0.2, 0) is 7.05 Å². The van der Waals surface area contributed by atoms with E-state index in [2.05, 4.69) is 36.9 Å². The Balaban J connectivity index is 3.65. The van der Waals surface area contributed by atoms with Crippen molar-refractivity contribution < 1.29 is 0 Å². The second kappa shape index (κ2) is 9.13. The van der Waals surface area contributed by atoms with Gasteiger partial charge in [0.25, 0.3) is 0 Å². The summed E-state index contributed by atoms with van der Waals surface area (Å²) in [6.07, 6.45) is 8.87. The van der Waals surface area contributed by atoms with E-state index in [4.69, 9.17) is 5.73 Å². The van der Waals surface area contributed by atoms with Gasteiger partial charge in [0.2, 0.25) is 0 Å². The van der Waals surface area contributed by atoms with Crippen molar-refractivity contribution in [1.29, 1.82) is 0 Å². The van der Waals surface area contributed by atoms with Crippen LogP contribution in [0.3, 0.4) is 0 Å². The van der Waals surface area contributed by atoms with Gasteiger partial charge in [-0.2, -0.15) is 5.10 Å². The number of nitrogens with zero attached hydrogens (tertiary/aromatic N) is 3. The van der Waals surface area contributed by atoms with Crippen LogP contribution < -0.4 is 5.73 Å². The summed E-state index contributed by atoms with van der Waals surface area (Å²) in [6, 6.07) is 2.03. The molecule has 126 valence electrons. The molecular formula is C19H30N4. The first-order valence-electron chi connectivity index (χ1n) is 8.31. The molecule has 0 saturated carbocycles. The second-order valence-corrected chi connectivity index (χ2v) is 5.64. The highest BCUT2D eigenvalue weighted by molar-refractivity contribution is 5.83. The smallest absolute Gasteiger partial charge is 0.0683 e. The first kappa shape index (κ1) is 18.9. The number of aliphatic imine (C=N–C) groups is 1. The zero-order valence-corrected chi connectivity index (χ0v) is 15.3. The monoisotopic (exact) mass is 314 g/mol. The highest BCUT2D eigenvalue weighted by Gasteiger charge is 2.17. The molecule has 0 fully saturated rings. The summed E-state index contributed by atoms with van der Waals surface area (Å²) < 4.78 is 1.89. The Labute approximate surface area is 140 Å². The fourth-order valence-electron chi connectivity index (χ4n) is 2.46. The van der Waals surface area contributed by atoms with Crippen LogP contribution in [-0.4, -0.2) is 16.0 Å². The molecule has 1 aromatic heterocycles. The average molecular weight is 314 g/mol. The van der Waals surface area contributed by atoms with Crippen molar-refractivity contribution >= 4 is 11.8 Å². The van der Waals surface area contributed by atoms with Crippen LogP contribution in [0, 0.1) is 0 Å². The van der Waals surface area contributed by atoms with Gasteiger partial charge in [0.1, 0.15) is 0 Å². The second-order valence-electron chi connectivity index (χ2n) is 5.64. The van der Waals surface area contributed by atoms with E-state index in [-0.39, 0.29) is 0 Å². The minimum Gasteiger partial charge on any atom is -0.398 e. The Kier molecular flexibility index (Phi) is 7.52. The van der Waals surface area contributed by atoms with Crippen molar-refractivity contribution in [2.24, 2.45) is 17.8 Å². The first-order valence-corrected chi connectivity index (χ1v) is 8.31. The molecule has 1 aromatic rings. The van der Waals surface area contributed by atoms with Crippen molar-refractivity contribution in [3.05, 3.63) is 46.6 Å². The molecule has 0 radical (unpaired) electrons. The molecule has 0 aliphatic carbocycles. The minimum atomic E-state index is 0.819. The summed E-state index contributed by atoms with van der Waals surface area (Å²) in [5, 5.41) is 4.32. The van der Waals surface area contributed by atoms with Crippen LogP contribution in [0.25, 0.3) is 5.57 Å². The van der Waals surface area contributed by atoms with Crippen molar-refractivity contribution in [2.45, 2.75) is 53.9 Å². The maximum atomic E-state index is 6.51. The van der Waals surface area contributed by atoms with Gasteiger partial charge in [-0.3, -0.25) is 9.67 Å². The summed E-state index contributed by atoms with van der Waals surface area (Å²) in [5.74, 6) is 0. The van der Waals surface area contributed by atoms with Crippen LogP contribution >= 0.6 is 0 Å². The van der Waals surface area contributed by atoms with E-state index in [1.165, 1.54) is 5.57 Å².